The molecule has 2 atom stereocenters. The highest BCUT2D eigenvalue weighted by molar-refractivity contribution is 5.83. The Bertz CT molecular complexity index is 458. The SMILES string of the molecule is CC1OC([C@@H]2CN(Cc3ccccc3)C(=O)[C@H]2O)O1. The Morgan fingerprint density at radius 1 is 1.32 bits per heavy atom. The number of rotatable bonds is 3. The van der Waals surface area contributed by atoms with E-state index in [0.717, 1.165) is 5.56 Å². The van der Waals surface area contributed by atoms with Crippen molar-refractivity contribution in [1.29, 1.82) is 0 Å². The third kappa shape index (κ3) is 2.36. The van der Waals surface area contributed by atoms with Gasteiger partial charge in [0.1, 0.15) is 6.10 Å². The summed E-state index contributed by atoms with van der Waals surface area (Å²) in [6.45, 7) is 2.77. The van der Waals surface area contributed by atoms with Crippen LogP contribution in [0.3, 0.4) is 0 Å². The Labute approximate surface area is 111 Å². The Kier molecular flexibility index (Phi) is 3.26. The van der Waals surface area contributed by atoms with E-state index in [0.29, 0.717) is 13.1 Å². The molecule has 1 N–H and O–H groups in total. The van der Waals surface area contributed by atoms with Crippen molar-refractivity contribution in [1.82, 2.24) is 4.90 Å². The minimum Gasteiger partial charge on any atom is -0.383 e. The number of nitrogens with zero attached hydrogens (tertiary/aromatic N) is 1. The molecule has 0 aliphatic carbocycles. The zero-order valence-corrected chi connectivity index (χ0v) is 10.7. The molecule has 5 nitrogen and oxygen atoms in total. The predicted octanol–water partition coefficient (Wildman–Crippen LogP) is 0.725. The fraction of sp³-hybridized carbons (Fsp3) is 0.500. The second-order valence-electron chi connectivity index (χ2n) is 5.02. The van der Waals surface area contributed by atoms with Gasteiger partial charge in [-0.1, -0.05) is 30.3 Å². The van der Waals surface area contributed by atoms with Crippen LogP contribution in [0, 0.1) is 5.92 Å². The molecule has 0 bridgehead atoms. The van der Waals surface area contributed by atoms with E-state index < -0.39 is 12.4 Å². The first-order valence-corrected chi connectivity index (χ1v) is 6.47. The predicted molar refractivity (Wildman–Crippen MR) is 66.8 cm³/mol. The minimum absolute atomic E-state index is 0.240. The van der Waals surface area contributed by atoms with E-state index in [-0.39, 0.29) is 18.1 Å². The maximum atomic E-state index is 12.0. The molecule has 0 radical (unpaired) electrons. The highest BCUT2D eigenvalue weighted by atomic mass is 16.9. The van der Waals surface area contributed by atoms with E-state index >= 15 is 0 Å². The van der Waals surface area contributed by atoms with Crippen molar-refractivity contribution in [3.8, 4) is 0 Å². The molecular formula is C14H17NO4. The van der Waals surface area contributed by atoms with Gasteiger partial charge in [-0.15, -0.1) is 0 Å². The van der Waals surface area contributed by atoms with Gasteiger partial charge >= 0.3 is 0 Å². The number of amides is 1. The fourth-order valence-corrected chi connectivity index (χ4v) is 2.59. The molecule has 2 fully saturated rings. The average molecular weight is 263 g/mol. The molecule has 0 aromatic heterocycles. The van der Waals surface area contributed by atoms with Crippen LogP contribution in [0.2, 0.25) is 0 Å². The van der Waals surface area contributed by atoms with Gasteiger partial charge in [0.05, 0.1) is 5.92 Å². The maximum Gasteiger partial charge on any atom is 0.252 e. The molecule has 2 heterocycles. The summed E-state index contributed by atoms with van der Waals surface area (Å²) in [5.74, 6) is -0.548. The Morgan fingerprint density at radius 3 is 2.63 bits per heavy atom. The van der Waals surface area contributed by atoms with Crippen LogP contribution < -0.4 is 0 Å². The standard InChI is InChI=1S/C14H17NO4/c1-9-18-14(19-9)11-8-15(13(17)12(11)16)7-10-5-3-2-4-6-10/h2-6,9,11-12,14,16H,7-8H2,1H3/t9?,11-,12+,14?/m1/s1. The van der Waals surface area contributed by atoms with E-state index in [1.807, 2.05) is 30.3 Å². The minimum atomic E-state index is -1.03. The monoisotopic (exact) mass is 263 g/mol. The summed E-state index contributed by atoms with van der Waals surface area (Å²) in [5.41, 5.74) is 1.05. The summed E-state index contributed by atoms with van der Waals surface area (Å²) < 4.78 is 10.8. The Morgan fingerprint density at radius 2 is 2.00 bits per heavy atom. The van der Waals surface area contributed by atoms with Crippen molar-refractivity contribution in [3.05, 3.63) is 35.9 Å². The molecule has 1 aromatic rings. The van der Waals surface area contributed by atoms with Crippen LogP contribution in [-0.4, -0.2) is 41.1 Å². The highest BCUT2D eigenvalue weighted by Crippen LogP contribution is 2.31. The van der Waals surface area contributed by atoms with Crippen LogP contribution in [0.5, 0.6) is 0 Å². The van der Waals surface area contributed by atoms with E-state index in [1.54, 1.807) is 11.8 Å². The normalized spacial score (nSPS) is 34.4. The summed E-state index contributed by atoms with van der Waals surface area (Å²) in [6.07, 6.45) is -1.73. The number of benzene rings is 1. The summed E-state index contributed by atoms with van der Waals surface area (Å²) in [7, 11) is 0. The molecule has 2 aliphatic rings. The van der Waals surface area contributed by atoms with Gasteiger partial charge in [-0.2, -0.15) is 0 Å². The van der Waals surface area contributed by atoms with Gasteiger partial charge in [0.2, 0.25) is 0 Å². The third-order valence-corrected chi connectivity index (χ3v) is 3.62. The molecule has 5 heteroatoms. The lowest BCUT2D eigenvalue weighted by Crippen LogP contribution is -2.48. The molecular weight excluding hydrogens is 246 g/mol. The van der Waals surface area contributed by atoms with Crippen molar-refractivity contribution in [2.45, 2.75) is 32.2 Å². The van der Waals surface area contributed by atoms with E-state index in [4.69, 9.17) is 9.47 Å². The Hall–Kier alpha value is -1.43. The topological polar surface area (TPSA) is 59.0 Å². The molecule has 102 valence electrons. The second-order valence-corrected chi connectivity index (χ2v) is 5.02. The van der Waals surface area contributed by atoms with Gasteiger partial charge in [-0.25, -0.2) is 0 Å². The fourth-order valence-electron chi connectivity index (χ4n) is 2.59. The number of ether oxygens (including phenoxy) is 2. The average Bonchev–Trinajstić information content (AvgIpc) is 2.65. The lowest BCUT2D eigenvalue weighted by molar-refractivity contribution is -0.394. The maximum absolute atomic E-state index is 12.0. The van der Waals surface area contributed by atoms with Crippen LogP contribution in [0.1, 0.15) is 12.5 Å². The molecule has 1 aromatic carbocycles. The van der Waals surface area contributed by atoms with Gasteiger partial charge < -0.3 is 19.5 Å². The van der Waals surface area contributed by atoms with E-state index in [9.17, 15) is 9.90 Å². The molecule has 0 saturated carbocycles. The number of aliphatic hydroxyl groups is 1. The Balaban J connectivity index is 1.66. The van der Waals surface area contributed by atoms with Crippen LogP contribution in [0.25, 0.3) is 0 Å². The van der Waals surface area contributed by atoms with Crippen molar-refractivity contribution in [3.63, 3.8) is 0 Å². The van der Waals surface area contributed by atoms with Gasteiger partial charge in [-0.05, 0) is 12.5 Å². The lowest BCUT2D eigenvalue weighted by Gasteiger charge is -2.37. The van der Waals surface area contributed by atoms with Gasteiger partial charge in [0.15, 0.2) is 12.6 Å². The van der Waals surface area contributed by atoms with E-state index in [1.165, 1.54) is 0 Å². The molecule has 3 rings (SSSR count). The molecule has 0 unspecified atom stereocenters. The second kappa shape index (κ2) is 4.92. The molecule has 0 spiro atoms. The van der Waals surface area contributed by atoms with Crippen LogP contribution in [-0.2, 0) is 20.8 Å². The zero-order valence-electron chi connectivity index (χ0n) is 10.7. The first kappa shape index (κ1) is 12.6. The number of hydrogen-bond acceptors (Lipinski definition) is 4. The quantitative estimate of drug-likeness (QED) is 0.873. The summed E-state index contributed by atoms with van der Waals surface area (Å²) in [6, 6.07) is 9.73. The number of hydrogen-bond donors (Lipinski definition) is 1. The number of carbonyl (C=O) groups excluding carboxylic acids is 1. The van der Waals surface area contributed by atoms with Crippen molar-refractivity contribution in [2.75, 3.05) is 6.54 Å². The van der Waals surface area contributed by atoms with Crippen LogP contribution in [0.15, 0.2) is 30.3 Å². The highest BCUT2D eigenvalue weighted by Gasteiger charge is 2.48. The number of aliphatic hydroxyl groups excluding tert-OH is 1. The van der Waals surface area contributed by atoms with Gasteiger partial charge in [0.25, 0.3) is 5.91 Å². The zero-order chi connectivity index (χ0) is 13.4. The van der Waals surface area contributed by atoms with Gasteiger partial charge in [-0.3, -0.25) is 4.79 Å². The smallest absolute Gasteiger partial charge is 0.252 e. The van der Waals surface area contributed by atoms with E-state index in [2.05, 4.69) is 0 Å². The van der Waals surface area contributed by atoms with Crippen molar-refractivity contribution in [2.24, 2.45) is 5.92 Å². The molecule has 2 aliphatic heterocycles. The first-order chi connectivity index (χ1) is 9.15. The lowest BCUT2D eigenvalue weighted by atomic mass is 10.0. The molecule has 19 heavy (non-hydrogen) atoms. The van der Waals surface area contributed by atoms with Crippen LogP contribution in [0.4, 0.5) is 0 Å². The third-order valence-electron chi connectivity index (χ3n) is 3.62. The number of likely N-dealkylation sites (tertiary alicyclic amines) is 1. The number of carbonyl (C=O) groups is 1. The van der Waals surface area contributed by atoms with Gasteiger partial charge in [0, 0.05) is 13.1 Å². The summed E-state index contributed by atoms with van der Waals surface area (Å²) >= 11 is 0. The molecule has 2 saturated heterocycles. The summed E-state index contributed by atoms with van der Waals surface area (Å²) in [4.78, 5) is 13.7. The van der Waals surface area contributed by atoms with Crippen molar-refractivity contribution >= 4 is 5.91 Å². The first-order valence-electron chi connectivity index (χ1n) is 6.47. The van der Waals surface area contributed by atoms with Crippen LogP contribution >= 0.6 is 0 Å². The van der Waals surface area contributed by atoms with Crippen molar-refractivity contribution < 1.29 is 19.4 Å². The largest absolute Gasteiger partial charge is 0.383 e. The molecule has 1 amide bonds. The summed E-state index contributed by atoms with van der Waals surface area (Å²) in [5, 5.41) is 9.98.